The van der Waals surface area contributed by atoms with Crippen LogP contribution in [-0.4, -0.2) is 40.4 Å². The van der Waals surface area contributed by atoms with Gasteiger partial charge in [-0.2, -0.15) is 9.65 Å². The third-order valence-corrected chi connectivity index (χ3v) is 6.38. The summed E-state index contributed by atoms with van der Waals surface area (Å²) >= 11 is 0.763. The lowest BCUT2D eigenvalue weighted by Gasteiger charge is -2.35. The van der Waals surface area contributed by atoms with Crippen LogP contribution in [-0.2, 0) is 11.3 Å². The van der Waals surface area contributed by atoms with E-state index in [1.54, 1.807) is 45.0 Å². The first-order chi connectivity index (χ1) is 16.1. The molecular formula is C24H26FN5O3S. The van der Waals surface area contributed by atoms with E-state index in [9.17, 15) is 19.2 Å². The molecule has 0 bridgehead atoms. The molecule has 34 heavy (non-hydrogen) atoms. The molecular weight excluding hydrogens is 457 g/mol. The van der Waals surface area contributed by atoms with Crippen molar-refractivity contribution < 1.29 is 13.9 Å². The van der Waals surface area contributed by atoms with Gasteiger partial charge >= 0.3 is 6.09 Å². The molecule has 1 aliphatic rings. The Hall–Kier alpha value is -3.45. The number of piperidine rings is 1. The average molecular weight is 484 g/mol. The van der Waals surface area contributed by atoms with E-state index in [0.29, 0.717) is 35.7 Å². The molecule has 0 aliphatic carbocycles. The molecule has 3 aromatic rings. The van der Waals surface area contributed by atoms with Crippen LogP contribution in [0.3, 0.4) is 0 Å². The Morgan fingerprint density at radius 3 is 2.88 bits per heavy atom. The van der Waals surface area contributed by atoms with Crippen LogP contribution in [0.5, 0.6) is 0 Å². The maximum atomic E-state index is 14.0. The summed E-state index contributed by atoms with van der Waals surface area (Å²) in [7, 11) is 0. The number of thiophene rings is 1. The summed E-state index contributed by atoms with van der Waals surface area (Å²) in [6.07, 6.45) is 1.02. The lowest BCUT2D eigenvalue weighted by Crippen LogP contribution is -2.50. The highest BCUT2D eigenvalue weighted by atomic mass is 32.1. The first-order valence-electron chi connectivity index (χ1n) is 11.1. The molecule has 8 nitrogen and oxygen atoms in total. The lowest BCUT2D eigenvalue weighted by atomic mass is 10.1. The number of anilines is 1. The van der Waals surface area contributed by atoms with Gasteiger partial charge < -0.3 is 15.0 Å². The molecule has 10 heteroatoms. The number of carbonyl (C=O) groups is 1. The SMILES string of the molecule is CC(C)(C)OC(=O)N[C@@H]1CCCN(c2nc3cc(F)sc3c(=O)n2Cc2ccccc2C#N)C1. The number of alkyl carbamates (subject to hydrolysis) is 1. The van der Waals surface area contributed by atoms with E-state index in [0.717, 1.165) is 24.2 Å². The number of ether oxygens (including phenoxy) is 1. The lowest BCUT2D eigenvalue weighted by molar-refractivity contribution is 0.0499. The van der Waals surface area contributed by atoms with Gasteiger partial charge in [-0.3, -0.25) is 9.36 Å². The number of hydrogen-bond acceptors (Lipinski definition) is 7. The predicted molar refractivity (Wildman–Crippen MR) is 129 cm³/mol. The molecule has 1 atom stereocenters. The maximum absolute atomic E-state index is 14.0. The standard InChI is InChI=1S/C24H26FN5O3S/c1-24(2,3)33-23(32)27-17-9-6-10-29(14-17)22-28-18-11-19(25)34-20(18)21(31)30(22)13-16-8-5-4-7-15(16)12-26/h4-5,7-8,11,17H,6,9-10,13-14H2,1-3H3,(H,27,32)/t17-/m1/s1. The minimum absolute atomic E-state index is 0.126. The van der Waals surface area contributed by atoms with Gasteiger partial charge in [-0.1, -0.05) is 29.5 Å². The first-order valence-corrected chi connectivity index (χ1v) is 11.9. The van der Waals surface area contributed by atoms with Gasteiger partial charge in [-0.05, 0) is 45.2 Å². The fraction of sp³-hybridized carbons (Fsp3) is 0.417. The van der Waals surface area contributed by atoms with Crippen molar-refractivity contribution in [1.82, 2.24) is 14.9 Å². The molecule has 0 unspecified atom stereocenters. The van der Waals surface area contributed by atoms with Gasteiger partial charge in [0, 0.05) is 25.2 Å². The number of nitriles is 1. The summed E-state index contributed by atoms with van der Waals surface area (Å²) in [4.78, 5) is 32.2. The fourth-order valence-corrected chi connectivity index (χ4v) is 4.81. The Morgan fingerprint density at radius 2 is 2.15 bits per heavy atom. The normalized spacial score (nSPS) is 16.3. The van der Waals surface area contributed by atoms with Crippen molar-refractivity contribution in [3.05, 3.63) is 56.9 Å². The highest BCUT2D eigenvalue weighted by Gasteiger charge is 2.27. The van der Waals surface area contributed by atoms with E-state index in [1.165, 1.54) is 10.6 Å². The molecule has 3 heterocycles. The summed E-state index contributed by atoms with van der Waals surface area (Å²) in [6.45, 7) is 6.58. The molecule has 2 aromatic heterocycles. The molecule has 1 amide bonds. The van der Waals surface area contributed by atoms with Crippen LogP contribution in [0.4, 0.5) is 15.1 Å². The van der Waals surface area contributed by atoms with Crippen molar-refractivity contribution in [2.24, 2.45) is 0 Å². The zero-order chi connectivity index (χ0) is 24.5. The number of amides is 1. The molecule has 4 rings (SSSR count). The molecule has 1 saturated heterocycles. The number of hydrogen-bond donors (Lipinski definition) is 1. The summed E-state index contributed by atoms with van der Waals surface area (Å²) in [5, 5.41) is 11.9. The number of nitrogens with zero attached hydrogens (tertiary/aromatic N) is 4. The van der Waals surface area contributed by atoms with Gasteiger partial charge in [0.05, 0.1) is 23.7 Å². The van der Waals surface area contributed by atoms with Crippen LogP contribution in [0.15, 0.2) is 35.1 Å². The minimum Gasteiger partial charge on any atom is -0.444 e. The topological polar surface area (TPSA) is 100 Å². The number of benzene rings is 1. The van der Waals surface area contributed by atoms with Gasteiger partial charge in [0.25, 0.3) is 5.56 Å². The largest absolute Gasteiger partial charge is 0.444 e. The monoisotopic (exact) mass is 483 g/mol. The van der Waals surface area contributed by atoms with E-state index in [-0.39, 0.29) is 22.8 Å². The minimum atomic E-state index is -0.608. The van der Waals surface area contributed by atoms with Crippen molar-refractivity contribution in [3.8, 4) is 6.07 Å². The second-order valence-electron chi connectivity index (χ2n) is 9.27. The van der Waals surface area contributed by atoms with Crippen molar-refractivity contribution in [2.75, 3.05) is 18.0 Å². The van der Waals surface area contributed by atoms with Crippen LogP contribution in [0, 0.1) is 16.5 Å². The molecule has 1 aromatic carbocycles. The molecule has 0 radical (unpaired) electrons. The number of rotatable bonds is 4. The molecule has 1 aliphatic heterocycles. The molecule has 178 valence electrons. The fourth-order valence-electron chi connectivity index (χ4n) is 4.04. The van der Waals surface area contributed by atoms with Gasteiger partial charge in [0.1, 0.15) is 10.3 Å². The van der Waals surface area contributed by atoms with Crippen LogP contribution in [0.1, 0.15) is 44.7 Å². The second-order valence-corrected chi connectivity index (χ2v) is 10.3. The summed E-state index contributed by atoms with van der Waals surface area (Å²) < 4.78 is 21.1. The predicted octanol–water partition coefficient (Wildman–Crippen LogP) is 4.01. The van der Waals surface area contributed by atoms with Crippen molar-refractivity contribution >= 4 is 33.6 Å². The van der Waals surface area contributed by atoms with Crippen molar-refractivity contribution in [1.29, 1.82) is 5.26 Å². The number of aromatic nitrogens is 2. The molecule has 0 saturated carbocycles. The smallest absolute Gasteiger partial charge is 0.407 e. The zero-order valence-electron chi connectivity index (χ0n) is 19.3. The number of halogens is 1. The average Bonchev–Trinajstić information content (AvgIpc) is 3.15. The second kappa shape index (κ2) is 9.43. The van der Waals surface area contributed by atoms with Gasteiger partial charge in [-0.25, -0.2) is 9.78 Å². The van der Waals surface area contributed by atoms with E-state index in [4.69, 9.17) is 4.74 Å². The van der Waals surface area contributed by atoms with Crippen molar-refractivity contribution in [2.45, 2.75) is 51.8 Å². The van der Waals surface area contributed by atoms with Gasteiger partial charge in [0.15, 0.2) is 5.13 Å². The number of nitrogens with one attached hydrogen (secondary N) is 1. The Balaban J connectivity index is 1.69. The Kier molecular flexibility index (Phi) is 6.57. The summed E-state index contributed by atoms with van der Waals surface area (Å²) in [5.74, 6) is 0.388. The van der Waals surface area contributed by atoms with Crippen LogP contribution in [0.25, 0.3) is 10.2 Å². The van der Waals surface area contributed by atoms with E-state index < -0.39 is 16.8 Å². The summed E-state index contributed by atoms with van der Waals surface area (Å²) in [5.41, 5.74) is 0.467. The first kappa shape index (κ1) is 23.7. The van der Waals surface area contributed by atoms with Gasteiger partial charge in [-0.15, -0.1) is 0 Å². The Morgan fingerprint density at radius 1 is 1.38 bits per heavy atom. The zero-order valence-corrected chi connectivity index (χ0v) is 20.1. The number of carbonyl (C=O) groups excluding carboxylic acids is 1. The van der Waals surface area contributed by atoms with Gasteiger partial charge in [0.2, 0.25) is 5.95 Å². The Bertz CT molecular complexity index is 1320. The van der Waals surface area contributed by atoms with Crippen LogP contribution in [0.2, 0.25) is 0 Å². The van der Waals surface area contributed by atoms with E-state index in [1.807, 2.05) is 4.90 Å². The molecule has 1 N–H and O–H groups in total. The van der Waals surface area contributed by atoms with Crippen LogP contribution < -0.4 is 15.8 Å². The molecule has 0 spiro atoms. The van der Waals surface area contributed by atoms with Crippen molar-refractivity contribution in [3.63, 3.8) is 0 Å². The van der Waals surface area contributed by atoms with E-state index >= 15 is 0 Å². The highest BCUT2D eigenvalue weighted by molar-refractivity contribution is 7.17. The highest BCUT2D eigenvalue weighted by Crippen LogP contribution is 2.25. The maximum Gasteiger partial charge on any atom is 0.407 e. The van der Waals surface area contributed by atoms with Crippen LogP contribution >= 0.6 is 11.3 Å². The van der Waals surface area contributed by atoms with E-state index in [2.05, 4.69) is 16.4 Å². The number of fused-ring (bicyclic) bond motifs is 1. The Labute approximate surface area is 200 Å². The third kappa shape index (κ3) is 5.20. The summed E-state index contributed by atoms with van der Waals surface area (Å²) in [6, 6.07) is 10.3. The quantitative estimate of drug-likeness (QED) is 0.602. The third-order valence-electron chi connectivity index (χ3n) is 5.48. The molecule has 1 fully saturated rings.